The Morgan fingerprint density at radius 1 is 1.23 bits per heavy atom. The van der Waals surface area contributed by atoms with E-state index in [2.05, 4.69) is 25.5 Å². The number of carbonyl (C=O) groups excluding carboxylic acids is 1. The number of nitrogens with one attached hydrogen (secondary N) is 1. The highest BCUT2D eigenvalue weighted by molar-refractivity contribution is 7.90. The molecule has 8 nitrogen and oxygen atoms in total. The summed E-state index contributed by atoms with van der Waals surface area (Å²) in [6.07, 6.45) is 1.09. The van der Waals surface area contributed by atoms with Gasteiger partial charge in [0.1, 0.15) is 5.01 Å². The number of aryl methyl sites for hydroxylation is 1. The van der Waals surface area contributed by atoms with Crippen molar-refractivity contribution in [3.8, 4) is 0 Å². The number of benzene rings is 1. The van der Waals surface area contributed by atoms with Gasteiger partial charge in [-0.05, 0) is 12.5 Å². The molecule has 0 saturated heterocycles. The Morgan fingerprint density at radius 3 is 2.62 bits per heavy atom. The number of hydrogen-bond donors (Lipinski definition) is 1. The lowest BCUT2D eigenvalue weighted by atomic mass is 10.2. The Labute approximate surface area is 158 Å². The Bertz CT molecular complexity index is 1050. The molecule has 11 heteroatoms. The zero-order valence-corrected chi connectivity index (χ0v) is 15.8. The highest BCUT2D eigenvalue weighted by Crippen LogP contribution is 2.20. The van der Waals surface area contributed by atoms with Crippen LogP contribution < -0.4 is 5.32 Å². The van der Waals surface area contributed by atoms with E-state index in [-0.39, 0.29) is 21.6 Å². The van der Waals surface area contributed by atoms with Crippen LogP contribution in [0.15, 0.2) is 41.7 Å². The smallest absolute Gasteiger partial charge is 0.277 e. The van der Waals surface area contributed by atoms with E-state index >= 15 is 0 Å². The molecule has 0 atom stereocenters. The fourth-order valence-corrected chi connectivity index (χ4v) is 3.99. The molecule has 2 aromatic heterocycles. The molecule has 2 heterocycles. The number of nitrogens with zero attached hydrogens (tertiary/aromatic N) is 4. The molecule has 1 aromatic carbocycles. The van der Waals surface area contributed by atoms with E-state index in [9.17, 15) is 13.2 Å². The maximum absolute atomic E-state index is 12.5. The van der Waals surface area contributed by atoms with E-state index in [0.717, 1.165) is 6.20 Å². The summed E-state index contributed by atoms with van der Waals surface area (Å²) in [5, 5.41) is 10.4. The lowest BCUT2D eigenvalue weighted by Gasteiger charge is -2.07. The molecule has 134 valence electrons. The summed E-state index contributed by atoms with van der Waals surface area (Å²) in [7, 11) is -3.84. The van der Waals surface area contributed by atoms with Crippen molar-refractivity contribution in [2.75, 3.05) is 5.32 Å². The van der Waals surface area contributed by atoms with Crippen molar-refractivity contribution in [1.82, 2.24) is 20.2 Å². The molecule has 0 aliphatic rings. The van der Waals surface area contributed by atoms with Crippen molar-refractivity contribution in [3.05, 3.63) is 57.8 Å². The van der Waals surface area contributed by atoms with Gasteiger partial charge in [-0.15, -0.1) is 10.2 Å². The molecular weight excluding hydrogens is 398 g/mol. The molecule has 3 aromatic rings. The van der Waals surface area contributed by atoms with Gasteiger partial charge in [0.2, 0.25) is 20.1 Å². The standard InChI is InChI=1S/C15H12ClN5O3S2/c1-9-20-21-14(25-9)19-13(22)12-11(16)7-17-15(18-12)26(23,24)8-10-5-3-2-4-6-10/h2-7H,8H2,1H3,(H,19,21,22). The van der Waals surface area contributed by atoms with Crippen LogP contribution in [0.25, 0.3) is 0 Å². The van der Waals surface area contributed by atoms with Crippen molar-refractivity contribution in [3.63, 3.8) is 0 Å². The van der Waals surface area contributed by atoms with Gasteiger partial charge in [0, 0.05) is 0 Å². The fourth-order valence-electron chi connectivity index (χ4n) is 2.02. The van der Waals surface area contributed by atoms with Gasteiger partial charge >= 0.3 is 0 Å². The molecule has 0 aliphatic heterocycles. The number of halogens is 1. The number of sulfone groups is 1. The molecule has 0 bridgehead atoms. The van der Waals surface area contributed by atoms with Crippen molar-refractivity contribution in [2.45, 2.75) is 17.8 Å². The van der Waals surface area contributed by atoms with Crippen LogP contribution in [-0.2, 0) is 15.6 Å². The Hall–Kier alpha value is -2.43. The van der Waals surface area contributed by atoms with Gasteiger partial charge in [0.05, 0.1) is 17.0 Å². The summed E-state index contributed by atoms with van der Waals surface area (Å²) < 4.78 is 25.1. The molecular formula is C15H12ClN5O3S2. The number of hydrogen-bond acceptors (Lipinski definition) is 8. The van der Waals surface area contributed by atoms with Gasteiger partial charge in [0.15, 0.2) is 5.69 Å². The minimum atomic E-state index is -3.84. The highest BCUT2D eigenvalue weighted by Gasteiger charge is 2.23. The number of rotatable bonds is 5. The Morgan fingerprint density at radius 2 is 1.96 bits per heavy atom. The maximum Gasteiger partial charge on any atom is 0.277 e. The van der Waals surface area contributed by atoms with Gasteiger partial charge in [-0.1, -0.05) is 53.3 Å². The van der Waals surface area contributed by atoms with Gasteiger partial charge in [-0.2, -0.15) is 0 Å². The van der Waals surface area contributed by atoms with Crippen molar-refractivity contribution in [1.29, 1.82) is 0 Å². The highest BCUT2D eigenvalue weighted by atomic mass is 35.5. The van der Waals surface area contributed by atoms with Crippen LogP contribution in [0, 0.1) is 6.92 Å². The minimum Gasteiger partial charge on any atom is -0.295 e. The summed E-state index contributed by atoms with van der Waals surface area (Å²) in [4.78, 5) is 20.0. The summed E-state index contributed by atoms with van der Waals surface area (Å²) in [6.45, 7) is 1.74. The normalized spacial score (nSPS) is 11.3. The molecule has 26 heavy (non-hydrogen) atoms. The maximum atomic E-state index is 12.5. The van der Waals surface area contributed by atoms with Crippen LogP contribution in [0.3, 0.4) is 0 Å². The average Bonchev–Trinajstić information content (AvgIpc) is 3.00. The molecule has 0 spiro atoms. The zero-order chi connectivity index (χ0) is 18.7. The number of carbonyl (C=O) groups is 1. The number of aromatic nitrogens is 4. The summed E-state index contributed by atoms with van der Waals surface area (Å²) in [5.41, 5.74) is 0.336. The lowest BCUT2D eigenvalue weighted by molar-refractivity contribution is 0.102. The molecule has 1 N–H and O–H groups in total. The first-order valence-corrected chi connectivity index (χ1v) is 10.1. The van der Waals surface area contributed by atoms with E-state index in [4.69, 9.17) is 11.6 Å². The van der Waals surface area contributed by atoms with Crippen molar-refractivity contribution >= 4 is 43.8 Å². The van der Waals surface area contributed by atoms with E-state index in [1.165, 1.54) is 11.3 Å². The quantitative estimate of drug-likeness (QED) is 0.643. The SMILES string of the molecule is Cc1nnc(NC(=O)c2nc(S(=O)(=O)Cc3ccccc3)ncc2Cl)s1. The van der Waals surface area contributed by atoms with E-state index in [1.54, 1.807) is 37.3 Å². The van der Waals surface area contributed by atoms with E-state index in [0.29, 0.717) is 10.6 Å². The zero-order valence-electron chi connectivity index (χ0n) is 13.4. The molecule has 0 saturated carbocycles. The summed E-state index contributed by atoms with van der Waals surface area (Å²) >= 11 is 7.13. The third-order valence-electron chi connectivity index (χ3n) is 3.16. The van der Waals surface area contributed by atoms with Crippen LogP contribution in [-0.4, -0.2) is 34.5 Å². The molecule has 3 rings (SSSR count). The summed E-state index contributed by atoms with van der Waals surface area (Å²) in [5.74, 6) is -0.976. The second-order valence-electron chi connectivity index (χ2n) is 5.17. The van der Waals surface area contributed by atoms with Gasteiger partial charge in [-0.25, -0.2) is 18.4 Å². The molecule has 0 fully saturated rings. The lowest BCUT2D eigenvalue weighted by Crippen LogP contribution is -2.18. The van der Waals surface area contributed by atoms with Crippen LogP contribution >= 0.6 is 22.9 Å². The third kappa shape index (κ3) is 4.21. The second-order valence-corrected chi connectivity index (χ2v) is 8.65. The van der Waals surface area contributed by atoms with Gasteiger partial charge in [0.25, 0.3) is 5.91 Å². The fraction of sp³-hybridized carbons (Fsp3) is 0.133. The molecule has 1 amide bonds. The van der Waals surface area contributed by atoms with Crippen molar-refractivity contribution < 1.29 is 13.2 Å². The second kappa shape index (κ2) is 7.44. The van der Waals surface area contributed by atoms with Crippen LogP contribution in [0.1, 0.15) is 21.1 Å². The molecule has 0 unspecified atom stereocenters. The predicted octanol–water partition coefficient (Wildman–Crippen LogP) is 2.52. The average molecular weight is 410 g/mol. The largest absolute Gasteiger partial charge is 0.295 e. The minimum absolute atomic E-state index is 0.0672. The number of anilines is 1. The Balaban J connectivity index is 1.88. The van der Waals surface area contributed by atoms with Gasteiger partial charge in [-0.3, -0.25) is 10.1 Å². The van der Waals surface area contributed by atoms with Crippen LogP contribution in [0.2, 0.25) is 5.02 Å². The first-order valence-electron chi connectivity index (χ1n) is 7.26. The van der Waals surface area contributed by atoms with E-state index < -0.39 is 20.9 Å². The Kier molecular flexibility index (Phi) is 5.25. The van der Waals surface area contributed by atoms with E-state index in [1.807, 2.05) is 0 Å². The predicted molar refractivity (Wildman–Crippen MR) is 97.0 cm³/mol. The first kappa shape index (κ1) is 18.4. The third-order valence-corrected chi connectivity index (χ3v) is 5.66. The van der Waals surface area contributed by atoms with Crippen LogP contribution in [0.4, 0.5) is 5.13 Å². The van der Waals surface area contributed by atoms with Crippen molar-refractivity contribution in [2.24, 2.45) is 0 Å². The monoisotopic (exact) mass is 409 g/mol. The molecule has 0 aliphatic carbocycles. The summed E-state index contributed by atoms with van der Waals surface area (Å²) in [6, 6.07) is 8.61. The topological polar surface area (TPSA) is 115 Å². The van der Waals surface area contributed by atoms with Gasteiger partial charge < -0.3 is 0 Å². The number of amides is 1. The molecule has 0 radical (unpaired) electrons. The van der Waals surface area contributed by atoms with Crippen LogP contribution in [0.5, 0.6) is 0 Å². The first-order chi connectivity index (χ1) is 12.3.